The van der Waals surface area contributed by atoms with Crippen LogP contribution in [0, 0.1) is 5.82 Å². The Morgan fingerprint density at radius 2 is 1.93 bits per heavy atom. The Morgan fingerprint density at radius 1 is 1.33 bits per heavy atom. The van der Waals surface area contributed by atoms with E-state index in [-0.39, 0.29) is 22.4 Å². The first-order valence-corrected chi connectivity index (χ1v) is 6.56. The molecule has 1 rings (SSSR count). The average Bonchev–Trinajstić information content (AvgIpc) is 2.17. The van der Waals surface area contributed by atoms with Gasteiger partial charge in [0.05, 0.1) is 10.6 Å². The summed E-state index contributed by atoms with van der Waals surface area (Å²) < 4.78 is 36.4. The summed E-state index contributed by atoms with van der Waals surface area (Å²) in [6, 6.07) is 3.97. The summed E-state index contributed by atoms with van der Waals surface area (Å²) in [5, 5.41) is 0. The van der Waals surface area contributed by atoms with Gasteiger partial charge in [0.2, 0.25) is 0 Å². The maximum Gasteiger partial charge on any atom is 0.178 e. The third-order valence-corrected chi connectivity index (χ3v) is 4.06. The molecule has 1 aromatic rings. The first kappa shape index (κ1) is 12.2. The van der Waals surface area contributed by atoms with E-state index in [1.54, 1.807) is 6.92 Å². The lowest BCUT2D eigenvalue weighted by molar-refractivity contribution is 0.588. The van der Waals surface area contributed by atoms with Gasteiger partial charge in [-0.1, -0.05) is 20.8 Å². The molecule has 0 heterocycles. The van der Waals surface area contributed by atoms with Crippen LogP contribution in [0.15, 0.2) is 23.1 Å². The predicted octanol–water partition coefficient (Wildman–Crippen LogP) is 2.74. The molecule has 0 atom stereocenters. The summed E-state index contributed by atoms with van der Waals surface area (Å²) in [5.74, 6) is -0.326. The Morgan fingerprint density at radius 3 is 2.40 bits per heavy atom. The molecule has 1 aromatic carbocycles. The second kappa shape index (κ2) is 4.31. The molecule has 0 spiro atoms. The zero-order chi connectivity index (χ0) is 11.6. The standard InChI is InChI=1S/C11H15FO2S/c1-4-15(13,14)9-5-6-11(12)10(7-9)8(2)3/h5-8H,4H2,1-3H3. The van der Waals surface area contributed by atoms with Crippen molar-refractivity contribution in [2.24, 2.45) is 0 Å². The lowest BCUT2D eigenvalue weighted by atomic mass is 10.0. The highest BCUT2D eigenvalue weighted by Crippen LogP contribution is 2.22. The highest BCUT2D eigenvalue weighted by atomic mass is 32.2. The summed E-state index contributed by atoms with van der Waals surface area (Å²) in [4.78, 5) is 0.204. The molecule has 0 amide bonds. The van der Waals surface area contributed by atoms with Gasteiger partial charge in [0.15, 0.2) is 9.84 Å². The number of rotatable bonds is 3. The molecule has 0 N–H and O–H groups in total. The van der Waals surface area contributed by atoms with Crippen molar-refractivity contribution in [1.82, 2.24) is 0 Å². The van der Waals surface area contributed by atoms with Crippen molar-refractivity contribution in [2.45, 2.75) is 31.6 Å². The highest BCUT2D eigenvalue weighted by Gasteiger charge is 2.15. The van der Waals surface area contributed by atoms with Crippen LogP contribution >= 0.6 is 0 Å². The minimum Gasteiger partial charge on any atom is -0.224 e. The van der Waals surface area contributed by atoms with E-state index in [2.05, 4.69) is 0 Å². The number of sulfone groups is 1. The molecule has 0 unspecified atom stereocenters. The highest BCUT2D eigenvalue weighted by molar-refractivity contribution is 7.91. The molecule has 0 aliphatic heterocycles. The van der Waals surface area contributed by atoms with Crippen molar-refractivity contribution >= 4 is 9.84 Å². The molecule has 0 aromatic heterocycles. The number of hydrogen-bond donors (Lipinski definition) is 0. The molecule has 0 saturated heterocycles. The van der Waals surface area contributed by atoms with E-state index in [1.807, 2.05) is 13.8 Å². The van der Waals surface area contributed by atoms with Crippen molar-refractivity contribution in [3.63, 3.8) is 0 Å². The van der Waals surface area contributed by atoms with Crippen molar-refractivity contribution in [3.8, 4) is 0 Å². The van der Waals surface area contributed by atoms with Crippen LogP contribution in [0.5, 0.6) is 0 Å². The number of halogens is 1. The van der Waals surface area contributed by atoms with Crippen LogP contribution in [0.3, 0.4) is 0 Å². The van der Waals surface area contributed by atoms with Gasteiger partial charge in [-0.25, -0.2) is 12.8 Å². The van der Waals surface area contributed by atoms with Crippen molar-refractivity contribution in [2.75, 3.05) is 5.75 Å². The van der Waals surface area contributed by atoms with E-state index < -0.39 is 9.84 Å². The normalized spacial score (nSPS) is 12.1. The van der Waals surface area contributed by atoms with Gasteiger partial charge in [0.1, 0.15) is 5.82 Å². The molecule has 0 radical (unpaired) electrons. The van der Waals surface area contributed by atoms with Gasteiger partial charge in [0.25, 0.3) is 0 Å². The van der Waals surface area contributed by atoms with Gasteiger partial charge >= 0.3 is 0 Å². The quantitative estimate of drug-likeness (QED) is 0.748. The molecular formula is C11H15FO2S. The largest absolute Gasteiger partial charge is 0.224 e. The smallest absolute Gasteiger partial charge is 0.178 e. The van der Waals surface area contributed by atoms with E-state index >= 15 is 0 Å². The summed E-state index contributed by atoms with van der Waals surface area (Å²) in [5.41, 5.74) is 0.449. The Bertz CT molecular complexity index is 450. The molecule has 0 saturated carbocycles. The summed E-state index contributed by atoms with van der Waals surface area (Å²) in [7, 11) is -3.24. The zero-order valence-electron chi connectivity index (χ0n) is 9.12. The lowest BCUT2D eigenvalue weighted by Gasteiger charge is -2.09. The minimum absolute atomic E-state index is 0.0167. The summed E-state index contributed by atoms with van der Waals surface area (Å²) >= 11 is 0. The fourth-order valence-electron chi connectivity index (χ4n) is 1.32. The fourth-order valence-corrected chi connectivity index (χ4v) is 2.24. The maximum absolute atomic E-state index is 13.3. The molecule has 0 fully saturated rings. The van der Waals surface area contributed by atoms with Crippen LogP contribution in [0.1, 0.15) is 32.3 Å². The van der Waals surface area contributed by atoms with E-state index in [9.17, 15) is 12.8 Å². The molecule has 0 bridgehead atoms. The van der Waals surface area contributed by atoms with Crippen LogP contribution in [0.2, 0.25) is 0 Å². The Hall–Kier alpha value is -0.900. The summed E-state index contributed by atoms with van der Waals surface area (Å²) in [6.07, 6.45) is 0. The van der Waals surface area contributed by atoms with Crippen molar-refractivity contribution in [1.29, 1.82) is 0 Å². The molecule has 84 valence electrons. The average molecular weight is 230 g/mol. The first-order chi connectivity index (χ1) is 6.88. The number of hydrogen-bond acceptors (Lipinski definition) is 2. The van der Waals surface area contributed by atoms with Crippen LogP contribution in [0.25, 0.3) is 0 Å². The zero-order valence-corrected chi connectivity index (χ0v) is 9.94. The second-order valence-corrected chi connectivity index (χ2v) is 6.02. The van der Waals surface area contributed by atoms with Gasteiger partial charge in [0, 0.05) is 0 Å². The van der Waals surface area contributed by atoms with Gasteiger partial charge < -0.3 is 0 Å². The Kier molecular flexibility index (Phi) is 3.50. The van der Waals surface area contributed by atoms with Gasteiger partial charge in [-0.15, -0.1) is 0 Å². The first-order valence-electron chi connectivity index (χ1n) is 4.90. The third kappa shape index (κ3) is 2.56. The monoisotopic (exact) mass is 230 g/mol. The molecule has 0 aliphatic rings. The fraction of sp³-hybridized carbons (Fsp3) is 0.455. The van der Waals surface area contributed by atoms with Gasteiger partial charge in [-0.2, -0.15) is 0 Å². The number of benzene rings is 1. The van der Waals surface area contributed by atoms with E-state index in [4.69, 9.17) is 0 Å². The van der Waals surface area contributed by atoms with Gasteiger partial charge in [-0.05, 0) is 29.7 Å². The molecule has 15 heavy (non-hydrogen) atoms. The molecular weight excluding hydrogens is 215 g/mol. The van der Waals surface area contributed by atoms with Crippen LogP contribution < -0.4 is 0 Å². The third-order valence-electron chi connectivity index (χ3n) is 2.33. The molecule has 0 aliphatic carbocycles. The Labute approximate surface area is 90.0 Å². The van der Waals surface area contributed by atoms with E-state index in [1.165, 1.54) is 18.2 Å². The maximum atomic E-state index is 13.3. The van der Waals surface area contributed by atoms with Crippen molar-refractivity contribution in [3.05, 3.63) is 29.6 Å². The van der Waals surface area contributed by atoms with Crippen LogP contribution in [-0.2, 0) is 9.84 Å². The predicted molar refractivity (Wildman–Crippen MR) is 58.2 cm³/mol. The lowest BCUT2D eigenvalue weighted by Crippen LogP contribution is -2.05. The van der Waals surface area contributed by atoms with Crippen molar-refractivity contribution < 1.29 is 12.8 Å². The molecule has 4 heteroatoms. The SMILES string of the molecule is CCS(=O)(=O)c1ccc(F)c(C(C)C)c1. The minimum atomic E-state index is -3.24. The second-order valence-electron chi connectivity index (χ2n) is 3.74. The summed E-state index contributed by atoms with van der Waals surface area (Å²) in [6.45, 7) is 5.25. The Balaban J connectivity index is 3.31. The van der Waals surface area contributed by atoms with Crippen LogP contribution in [-0.4, -0.2) is 14.2 Å². The van der Waals surface area contributed by atoms with E-state index in [0.717, 1.165) is 0 Å². The topological polar surface area (TPSA) is 34.1 Å². The van der Waals surface area contributed by atoms with Crippen LogP contribution in [0.4, 0.5) is 4.39 Å². The van der Waals surface area contributed by atoms with E-state index in [0.29, 0.717) is 5.56 Å². The van der Waals surface area contributed by atoms with Gasteiger partial charge in [-0.3, -0.25) is 0 Å². The molecule has 2 nitrogen and oxygen atoms in total.